The Morgan fingerprint density at radius 2 is 1.76 bits per heavy atom. The summed E-state index contributed by atoms with van der Waals surface area (Å²) in [4.78, 5) is 19.9. The lowest BCUT2D eigenvalue weighted by atomic mass is 10.0. The summed E-state index contributed by atoms with van der Waals surface area (Å²) in [6.45, 7) is 10.7. The molecule has 2 aliphatic heterocycles. The molecule has 6 nitrogen and oxygen atoms in total. The molecule has 1 aromatic heterocycles. The number of hydrogen-bond donors (Lipinski definition) is 0. The van der Waals surface area contributed by atoms with Gasteiger partial charge in [0.1, 0.15) is 5.69 Å². The van der Waals surface area contributed by atoms with Crippen molar-refractivity contribution in [3.63, 3.8) is 0 Å². The molecule has 0 radical (unpaired) electrons. The third-order valence-electron chi connectivity index (χ3n) is 5.57. The molecule has 2 fully saturated rings. The van der Waals surface area contributed by atoms with E-state index in [0.29, 0.717) is 12.0 Å². The second-order valence-corrected chi connectivity index (χ2v) is 8.11. The van der Waals surface area contributed by atoms with Crippen LogP contribution in [0.5, 0.6) is 0 Å². The van der Waals surface area contributed by atoms with Crippen LogP contribution in [0, 0.1) is 5.92 Å². The third-order valence-corrected chi connectivity index (χ3v) is 5.57. The van der Waals surface area contributed by atoms with Gasteiger partial charge in [-0.3, -0.25) is 14.4 Å². The Kier molecular flexibility index (Phi) is 5.79. The number of piperidine rings is 1. The van der Waals surface area contributed by atoms with E-state index in [9.17, 15) is 4.79 Å². The van der Waals surface area contributed by atoms with Crippen molar-refractivity contribution >= 4 is 5.91 Å². The van der Waals surface area contributed by atoms with Crippen molar-refractivity contribution < 1.29 is 4.79 Å². The maximum absolute atomic E-state index is 12.9. The summed E-state index contributed by atoms with van der Waals surface area (Å²) in [7, 11) is 4.08. The molecule has 140 valence electrons. The van der Waals surface area contributed by atoms with Crippen LogP contribution in [-0.4, -0.2) is 82.7 Å². The summed E-state index contributed by atoms with van der Waals surface area (Å²) in [5.74, 6) is 0.694. The number of carbonyl (C=O) groups excluding carboxylic acids is 1. The highest BCUT2D eigenvalue weighted by molar-refractivity contribution is 5.92. The van der Waals surface area contributed by atoms with Crippen LogP contribution in [-0.2, 0) is 13.5 Å². The van der Waals surface area contributed by atoms with Crippen LogP contribution in [0.4, 0.5) is 0 Å². The summed E-state index contributed by atoms with van der Waals surface area (Å²) in [5.41, 5.74) is 1.75. The van der Waals surface area contributed by atoms with E-state index in [1.54, 1.807) is 4.68 Å². The first-order valence-corrected chi connectivity index (χ1v) is 9.69. The minimum atomic E-state index is 0.141. The van der Waals surface area contributed by atoms with Crippen LogP contribution in [0.25, 0.3) is 0 Å². The van der Waals surface area contributed by atoms with Crippen LogP contribution in [0.1, 0.15) is 42.9 Å². The third kappa shape index (κ3) is 4.42. The molecule has 1 amide bonds. The van der Waals surface area contributed by atoms with Crippen molar-refractivity contribution in [2.24, 2.45) is 13.0 Å². The average Bonchev–Trinajstić information content (AvgIpc) is 2.94. The molecule has 3 rings (SSSR count). The number of likely N-dealkylation sites (tertiary alicyclic amines) is 1. The largest absolute Gasteiger partial charge is 0.337 e. The van der Waals surface area contributed by atoms with Gasteiger partial charge in [-0.05, 0) is 38.3 Å². The van der Waals surface area contributed by atoms with Crippen molar-refractivity contribution in [1.29, 1.82) is 0 Å². The molecule has 2 saturated heterocycles. The smallest absolute Gasteiger partial charge is 0.272 e. The molecular formula is C19H33N5O. The van der Waals surface area contributed by atoms with Crippen LogP contribution >= 0.6 is 0 Å². The van der Waals surface area contributed by atoms with Gasteiger partial charge >= 0.3 is 0 Å². The fourth-order valence-corrected chi connectivity index (χ4v) is 4.03. The topological polar surface area (TPSA) is 44.6 Å². The van der Waals surface area contributed by atoms with Crippen molar-refractivity contribution in [3.8, 4) is 0 Å². The summed E-state index contributed by atoms with van der Waals surface area (Å²) in [6.07, 6.45) is 3.10. The zero-order chi connectivity index (χ0) is 18.0. The fraction of sp³-hybridized carbons (Fsp3) is 0.789. The second kappa shape index (κ2) is 7.87. The van der Waals surface area contributed by atoms with E-state index in [4.69, 9.17) is 0 Å². The summed E-state index contributed by atoms with van der Waals surface area (Å²) in [5, 5.41) is 4.52. The summed E-state index contributed by atoms with van der Waals surface area (Å²) < 4.78 is 1.76. The van der Waals surface area contributed by atoms with Gasteiger partial charge in [-0.15, -0.1) is 0 Å². The number of piperazine rings is 1. The van der Waals surface area contributed by atoms with E-state index in [-0.39, 0.29) is 5.91 Å². The highest BCUT2D eigenvalue weighted by Gasteiger charge is 2.29. The first kappa shape index (κ1) is 18.4. The molecule has 0 aromatic carbocycles. The van der Waals surface area contributed by atoms with Crippen molar-refractivity contribution in [2.75, 3.05) is 46.3 Å². The highest BCUT2D eigenvalue weighted by Crippen LogP contribution is 2.20. The Morgan fingerprint density at radius 3 is 2.36 bits per heavy atom. The van der Waals surface area contributed by atoms with Crippen molar-refractivity contribution in [3.05, 3.63) is 17.5 Å². The van der Waals surface area contributed by atoms with Crippen molar-refractivity contribution in [2.45, 2.75) is 39.2 Å². The number of nitrogens with zero attached hydrogens (tertiary/aromatic N) is 5. The monoisotopic (exact) mass is 347 g/mol. The molecule has 3 heterocycles. The molecule has 0 bridgehead atoms. The van der Waals surface area contributed by atoms with Gasteiger partial charge in [-0.2, -0.15) is 5.10 Å². The minimum absolute atomic E-state index is 0.141. The molecule has 0 atom stereocenters. The number of amides is 1. The Bertz CT molecular complexity index is 581. The molecule has 1 aromatic rings. The Hall–Kier alpha value is -1.40. The average molecular weight is 348 g/mol. The second-order valence-electron chi connectivity index (χ2n) is 8.11. The molecule has 2 aliphatic rings. The van der Waals surface area contributed by atoms with Gasteiger partial charge in [0.15, 0.2) is 0 Å². The van der Waals surface area contributed by atoms with E-state index < -0.39 is 0 Å². The van der Waals surface area contributed by atoms with Crippen molar-refractivity contribution in [1.82, 2.24) is 24.5 Å². The van der Waals surface area contributed by atoms with Crippen LogP contribution in [0.3, 0.4) is 0 Å². The first-order chi connectivity index (χ1) is 11.9. The van der Waals surface area contributed by atoms with Gasteiger partial charge in [-0.1, -0.05) is 13.8 Å². The predicted molar refractivity (Wildman–Crippen MR) is 99.7 cm³/mol. The van der Waals surface area contributed by atoms with Gasteiger partial charge in [0.25, 0.3) is 5.91 Å². The highest BCUT2D eigenvalue weighted by atomic mass is 16.2. The molecule has 0 spiro atoms. The zero-order valence-corrected chi connectivity index (χ0v) is 16.2. The predicted octanol–water partition coefficient (Wildman–Crippen LogP) is 1.47. The van der Waals surface area contributed by atoms with Gasteiger partial charge in [0, 0.05) is 52.4 Å². The van der Waals surface area contributed by atoms with Gasteiger partial charge in [0.2, 0.25) is 0 Å². The molecule has 6 heteroatoms. The number of carbonyl (C=O) groups is 1. The maximum atomic E-state index is 12.9. The number of aromatic nitrogens is 2. The maximum Gasteiger partial charge on any atom is 0.272 e. The van der Waals surface area contributed by atoms with Gasteiger partial charge in [0.05, 0.1) is 5.69 Å². The lowest BCUT2D eigenvalue weighted by Crippen LogP contribution is -2.53. The van der Waals surface area contributed by atoms with E-state index in [1.807, 2.05) is 18.0 Å². The zero-order valence-electron chi connectivity index (χ0n) is 16.2. The normalized spacial score (nSPS) is 21.2. The molecular weight excluding hydrogens is 314 g/mol. The number of aryl methyl sites for hydroxylation is 1. The number of rotatable bonds is 4. The lowest BCUT2D eigenvalue weighted by Gasteiger charge is -2.42. The number of likely N-dealkylation sites (N-methyl/N-ethyl adjacent to an activating group) is 1. The Balaban J connectivity index is 1.55. The SMILES string of the molecule is CC(C)Cc1cc(C(=O)N2CCC(N3CCN(C)CC3)CC2)n(C)n1. The van der Waals surface area contributed by atoms with Gasteiger partial charge < -0.3 is 9.80 Å². The standard InChI is InChI=1S/C19H33N5O/c1-15(2)13-16-14-18(22(4)20-16)19(25)24-7-5-17(6-8-24)23-11-9-21(3)10-12-23/h14-15,17H,5-13H2,1-4H3. The van der Waals surface area contributed by atoms with Crippen LogP contribution in [0.2, 0.25) is 0 Å². The summed E-state index contributed by atoms with van der Waals surface area (Å²) >= 11 is 0. The summed E-state index contributed by atoms with van der Waals surface area (Å²) in [6, 6.07) is 2.62. The van der Waals surface area contributed by atoms with Crippen LogP contribution < -0.4 is 0 Å². The quantitative estimate of drug-likeness (QED) is 0.827. The molecule has 25 heavy (non-hydrogen) atoms. The molecule has 0 saturated carbocycles. The lowest BCUT2D eigenvalue weighted by molar-refractivity contribution is 0.0511. The Morgan fingerprint density at radius 1 is 1.12 bits per heavy atom. The minimum Gasteiger partial charge on any atom is -0.337 e. The first-order valence-electron chi connectivity index (χ1n) is 9.69. The fourth-order valence-electron chi connectivity index (χ4n) is 4.03. The molecule has 0 aliphatic carbocycles. The van der Waals surface area contributed by atoms with E-state index in [1.165, 1.54) is 0 Å². The molecule has 0 N–H and O–H groups in total. The van der Waals surface area contributed by atoms with E-state index in [0.717, 1.165) is 69.9 Å². The van der Waals surface area contributed by atoms with Crippen LogP contribution in [0.15, 0.2) is 6.07 Å². The van der Waals surface area contributed by atoms with E-state index in [2.05, 4.69) is 35.8 Å². The van der Waals surface area contributed by atoms with E-state index >= 15 is 0 Å². The Labute approximate surface area is 151 Å². The van der Waals surface area contributed by atoms with Gasteiger partial charge in [-0.25, -0.2) is 0 Å². The molecule has 0 unspecified atom stereocenters. The number of hydrogen-bond acceptors (Lipinski definition) is 4.